The molecule has 3 aromatic rings. The Kier molecular flexibility index (Phi) is 4.70. The van der Waals surface area contributed by atoms with E-state index in [0.717, 1.165) is 5.56 Å². The largest absolute Gasteiger partial charge is 0.428 e. The molecule has 1 saturated heterocycles. The van der Waals surface area contributed by atoms with E-state index in [9.17, 15) is 14.0 Å². The minimum Gasteiger partial charge on any atom is -0.428 e. The quantitative estimate of drug-likeness (QED) is 0.618. The van der Waals surface area contributed by atoms with E-state index < -0.39 is 5.54 Å². The normalized spacial score (nSPS) is 23.4. The SMILES string of the molecule is O=C1CN(c2ccc(Cl)cn2)C(=O)[C@]2(C[C@H](c3nnco3)C2)N1Cc1ccc(F)cc1. The lowest BCUT2D eigenvalue weighted by Gasteiger charge is -2.56. The van der Waals surface area contributed by atoms with Crippen LogP contribution in [0.4, 0.5) is 10.2 Å². The highest BCUT2D eigenvalue weighted by atomic mass is 35.5. The van der Waals surface area contributed by atoms with Crippen LogP contribution in [0.2, 0.25) is 5.02 Å². The fraction of sp³-hybridized carbons (Fsp3) is 0.286. The van der Waals surface area contributed by atoms with Crippen LogP contribution < -0.4 is 4.90 Å². The molecule has 1 aliphatic carbocycles. The van der Waals surface area contributed by atoms with Gasteiger partial charge >= 0.3 is 0 Å². The molecule has 31 heavy (non-hydrogen) atoms. The number of carbonyl (C=O) groups is 2. The number of benzene rings is 1. The van der Waals surface area contributed by atoms with Gasteiger partial charge < -0.3 is 9.32 Å². The molecular weight excluding hydrogens is 425 g/mol. The molecule has 2 aliphatic rings. The predicted molar refractivity (Wildman–Crippen MR) is 108 cm³/mol. The van der Waals surface area contributed by atoms with Crippen LogP contribution in [0.15, 0.2) is 53.4 Å². The van der Waals surface area contributed by atoms with Crippen molar-refractivity contribution in [2.75, 3.05) is 11.4 Å². The van der Waals surface area contributed by atoms with Crippen molar-refractivity contribution in [2.45, 2.75) is 30.8 Å². The molecule has 5 rings (SSSR count). The zero-order valence-corrected chi connectivity index (χ0v) is 17.0. The monoisotopic (exact) mass is 441 g/mol. The molecule has 0 radical (unpaired) electrons. The van der Waals surface area contributed by atoms with E-state index in [4.69, 9.17) is 16.0 Å². The summed E-state index contributed by atoms with van der Waals surface area (Å²) in [6, 6.07) is 9.14. The van der Waals surface area contributed by atoms with Crippen LogP contribution in [0, 0.1) is 5.82 Å². The molecule has 1 saturated carbocycles. The van der Waals surface area contributed by atoms with Crippen molar-refractivity contribution in [2.24, 2.45) is 0 Å². The minimum atomic E-state index is -1.07. The van der Waals surface area contributed by atoms with E-state index in [2.05, 4.69) is 15.2 Å². The summed E-state index contributed by atoms with van der Waals surface area (Å²) >= 11 is 5.92. The van der Waals surface area contributed by atoms with Gasteiger partial charge in [-0.15, -0.1) is 10.2 Å². The summed E-state index contributed by atoms with van der Waals surface area (Å²) in [5.74, 6) is -0.128. The maximum absolute atomic E-state index is 13.7. The number of pyridine rings is 1. The van der Waals surface area contributed by atoms with Crippen molar-refractivity contribution < 1.29 is 18.4 Å². The second kappa shape index (κ2) is 7.42. The van der Waals surface area contributed by atoms with Gasteiger partial charge in [-0.25, -0.2) is 9.37 Å². The Morgan fingerprint density at radius 1 is 1.16 bits per heavy atom. The molecule has 1 aliphatic heterocycles. The van der Waals surface area contributed by atoms with E-state index in [1.807, 2.05) is 0 Å². The molecule has 0 N–H and O–H groups in total. The molecule has 2 aromatic heterocycles. The number of nitrogens with zero attached hydrogens (tertiary/aromatic N) is 5. The lowest BCUT2D eigenvalue weighted by Crippen LogP contribution is -2.72. The third-order valence-corrected chi connectivity index (χ3v) is 6.11. The number of anilines is 1. The van der Waals surface area contributed by atoms with E-state index in [1.54, 1.807) is 29.2 Å². The summed E-state index contributed by atoms with van der Waals surface area (Å²) in [4.78, 5) is 34.1. The van der Waals surface area contributed by atoms with E-state index in [0.29, 0.717) is 29.6 Å². The number of piperazine rings is 1. The highest BCUT2D eigenvalue weighted by Crippen LogP contribution is 2.51. The van der Waals surface area contributed by atoms with Crippen molar-refractivity contribution in [1.82, 2.24) is 20.1 Å². The summed E-state index contributed by atoms with van der Waals surface area (Å²) in [5, 5.41) is 8.10. The van der Waals surface area contributed by atoms with E-state index in [1.165, 1.54) is 29.6 Å². The van der Waals surface area contributed by atoms with Gasteiger partial charge in [0.1, 0.15) is 23.7 Å². The number of aromatic nitrogens is 3. The number of hydrogen-bond acceptors (Lipinski definition) is 6. The average Bonchev–Trinajstić information content (AvgIpc) is 3.26. The molecule has 0 atom stereocenters. The van der Waals surface area contributed by atoms with E-state index in [-0.39, 0.29) is 36.6 Å². The molecule has 158 valence electrons. The topological polar surface area (TPSA) is 92.4 Å². The molecule has 10 heteroatoms. The molecule has 0 bridgehead atoms. The maximum Gasteiger partial charge on any atom is 0.254 e. The first-order valence-corrected chi connectivity index (χ1v) is 10.1. The first kappa shape index (κ1) is 19.6. The van der Waals surface area contributed by atoms with E-state index >= 15 is 0 Å². The van der Waals surface area contributed by atoms with Crippen LogP contribution in [-0.2, 0) is 16.1 Å². The van der Waals surface area contributed by atoms with Crippen LogP contribution >= 0.6 is 11.6 Å². The van der Waals surface area contributed by atoms with Crippen molar-refractivity contribution in [3.05, 3.63) is 71.3 Å². The Balaban J connectivity index is 1.48. The van der Waals surface area contributed by atoms with Crippen LogP contribution in [0.1, 0.15) is 30.2 Å². The summed E-state index contributed by atoms with van der Waals surface area (Å²) in [7, 11) is 0. The summed E-state index contributed by atoms with van der Waals surface area (Å²) < 4.78 is 18.6. The molecule has 1 spiro atoms. The van der Waals surface area contributed by atoms with Gasteiger partial charge in [0.05, 0.1) is 5.02 Å². The second-order valence-electron chi connectivity index (χ2n) is 7.75. The number of rotatable bonds is 4. The number of amides is 2. The third kappa shape index (κ3) is 3.34. The minimum absolute atomic E-state index is 0.131. The van der Waals surface area contributed by atoms with Gasteiger partial charge in [0.15, 0.2) is 0 Å². The first-order valence-electron chi connectivity index (χ1n) is 9.71. The van der Waals surface area contributed by atoms with Gasteiger partial charge in [-0.3, -0.25) is 14.5 Å². The smallest absolute Gasteiger partial charge is 0.254 e. The molecule has 2 fully saturated rings. The fourth-order valence-electron chi connectivity index (χ4n) is 4.31. The molecule has 8 nitrogen and oxygen atoms in total. The van der Waals surface area contributed by atoms with Crippen molar-refractivity contribution in [3.8, 4) is 0 Å². The Bertz CT molecular complexity index is 1110. The lowest BCUT2D eigenvalue weighted by molar-refractivity contribution is -0.160. The first-order chi connectivity index (χ1) is 15.0. The van der Waals surface area contributed by atoms with Crippen molar-refractivity contribution >= 4 is 29.2 Å². The highest BCUT2D eigenvalue weighted by Gasteiger charge is 2.61. The zero-order valence-electron chi connectivity index (χ0n) is 16.2. The Morgan fingerprint density at radius 3 is 2.58 bits per heavy atom. The number of halogens is 2. The zero-order chi connectivity index (χ0) is 21.6. The van der Waals surface area contributed by atoms with Crippen molar-refractivity contribution in [1.29, 1.82) is 0 Å². The van der Waals surface area contributed by atoms with Crippen LogP contribution in [0.25, 0.3) is 0 Å². The van der Waals surface area contributed by atoms with Gasteiger partial charge in [0.2, 0.25) is 18.2 Å². The van der Waals surface area contributed by atoms with Crippen LogP contribution in [0.5, 0.6) is 0 Å². The van der Waals surface area contributed by atoms with Gasteiger partial charge in [0, 0.05) is 18.7 Å². The van der Waals surface area contributed by atoms with Gasteiger partial charge in [0.25, 0.3) is 5.91 Å². The van der Waals surface area contributed by atoms with Crippen molar-refractivity contribution in [3.63, 3.8) is 0 Å². The average molecular weight is 442 g/mol. The molecule has 2 amide bonds. The van der Waals surface area contributed by atoms with Gasteiger partial charge in [-0.2, -0.15) is 0 Å². The van der Waals surface area contributed by atoms with Gasteiger partial charge in [-0.05, 0) is 42.7 Å². The van der Waals surface area contributed by atoms with Gasteiger partial charge in [-0.1, -0.05) is 23.7 Å². The summed E-state index contributed by atoms with van der Waals surface area (Å²) in [6.45, 7) is 0.0604. The third-order valence-electron chi connectivity index (χ3n) is 5.89. The summed E-state index contributed by atoms with van der Waals surface area (Å²) in [6.07, 6.45) is 3.39. The Hall–Kier alpha value is -3.33. The molecule has 0 unspecified atom stereocenters. The standard InChI is InChI=1S/C21H17ClFN5O3/c22-15-3-6-17(24-9-15)27-11-18(29)28(10-13-1-4-16(23)5-2-13)21(20(27)30)7-14(8-21)19-26-25-12-31-19/h1-6,9,12,14H,7-8,10-11H2/t14-,21+. The molecular formula is C21H17ClFN5O3. The molecule has 3 heterocycles. The van der Waals surface area contributed by atoms with Crippen LogP contribution in [0.3, 0.4) is 0 Å². The lowest BCUT2D eigenvalue weighted by atomic mass is 9.65. The highest BCUT2D eigenvalue weighted by molar-refractivity contribution is 6.30. The number of carbonyl (C=O) groups excluding carboxylic acids is 2. The van der Waals surface area contributed by atoms with Crippen LogP contribution in [-0.4, -0.2) is 44.0 Å². The number of hydrogen-bond donors (Lipinski definition) is 0. The maximum atomic E-state index is 13.7. The molecule has 1 aromatic carbocycles. The fourth-order valence-corrected chi connectivity index (χ4v) is 4.42. The second-order valence-corrected chi connectivity index (χ2v) is 8.18. The summed E-state index contributed by atoms with van der Waals surface area (Å²) in [5.41, 5.74) is -0.328. The predicted octanol–water partition coefficient (Wildman–Crippen LogP) is 2.95. The Labute approximate surface area is 181 Å². The Morgan fingerprint density at radius 2 is 1.94 bits per heavy atom.